The van der Waals surface area contributed by atoms with Gasteiger partial charge >= 0.3 is 0 Å². The van der Waals surface area contributed by atoms with Crippen molar-refractivity contribution in [3.63, 3.8) is 0 Å². The van der Waals surface area contributed by atoms with Crippen LogP contribution in [0.5, 0.6) is 5.75 Å². The molecule has 28 heavy (non-hydrogen) atoms. The van der Waals surface area contributed by atoms with Gasteiger partial charge in [0.2, 0.25) is 5.91 Å². The van der Waals surface area contributed by atoms with E-state index in [4.69, 9.17) is 4.74 Å². The van der Waals surface area contributed by atoms with Crippen molar-refractivity contribution in [3.05, 3.63) is 70.5 Å². The zero-order valence-electron chi connectivity index (χ0n) is 15.3. The van der Waals surface area contributed by atoms with Crippen molar-refractivity contribution in [1.29, 1.82) is 5.26 Å². The third-order valence-electron chi connectivity index (χ3n) is 5.00. The summed E-state index contributed by atoms with van der Waals surface area (Å²) >= 11 is 1.47. The third-order valence-corrected chi connectivity index (χ3v) is 6.16. The van der Waals surface area contributed by atoms with Gasteiger partial charge in [-0.2, -0.15) is 5.26 Å². The first-order chi connectivity index (χ1) is 13.6. The topological polar surface area (TPSA) is 56.6 Å². The highest BCUT2D eigenvalue weighted by Gasteiger charge is 2.38. The zero-order valence-corrected chi connectivity index (χ0v) is 16.1. The number of hydrogen-bond donors (Lipinski definition) is 0. The average Bonchev–Trinajstić information content (AvgIpc) is 2.74. The summed E-state index contributed by atoms with van der Waals surface area (Å²) in [6.45, 7) is 0.354. The van der Waals surface area contributed by atoms with Crippen LogP contribution < -0.4 is 9.64 Å². The van der Waals surface area contributed by atoms with E-state index < -0.39 is 0 Å². The smallest absolute Gasteiger partial charge is 0.229 e. The van der Waals surface area contributed by atoms with E-state index in [1.807, 2.05) is 29.2 Å². The molecule has 2 aromatic carbocycles. The van der Waals surface area contributed by atoms with Gasteiger partial charge in [0.15, 0.2) is 0 Å². The molecule has 1 atom stereocenters. The maximum absolute atomic E-state index is 13.2. The van der Waals surface area contributed by atoms with Gasteiger partial charge in [-0.25, -0.2) is 4.39 Å². The van der Waals surface area contributed by atoms with Gasteiger partial charge in [0, 0.05) is 18.0 Å². The van der Waals surface area contributed by atoms with Gasteiger partial charge in [-0.1, -0.05) is 23.9 Å². The largest absolute Gasteiger partial charge is 0.497 e. The number of hydrogen-bond acceptors (Lipinski definition) is 5. The van der Waals surface area contributed by atoms with E-state index in [1.165, 1.54) is 23.9 Å². The van der Waals surface area contributed by atoms with Crippen LogP contribution >= 0.6 is 11.8 Å². The van der Waals surface area contributed by atoms with Gasteiger partial charge in [-0.3, -0.25) is 9.69 Å². The Morgan fingerprint density at radius 1 is 1.18 bits per heavy atom. The van der Waals surface area contributed by atoms with Crippen LogP contribution in [0.3, 0.4) is 0 Å². The fourth-order valence-corrected chi connectivity index (χ4v) is 4.67. The summed E-state index contributed by atoms with van der Waals surface area (Å²) in [6, 6.07) is 16.0. The summed E-state index contributed by atoms with van der Waals surface area (Å²) in [7, 11) is 1.60. The Labute approximate surface area is 167 Å². The average molecular weight is 395 g/mol. The molecule has 0 spiro atoms. The molecule has 1 amide bonds. The van der Waals surface area contributed by atoms with Crippen LogP contribution in [0.1, 0.15) is 17.9 Å². The number of carbonyl (C=O) groups excluding carboxylic acids is 1. The molecule has 0 aliphatic carbocycles. The van der Waals surface area contributed by atoms with E-state index in [0.717, 1.165) is 22.0 Å². The van der Waals surface area contributed by atoms with Gasteiger partial charge < -0.3 is 9.64 Å². The van der Waals surface area contributed by atoms with E-state index in [2.05, 4.69) is 6.07 Å². The highest BCUT2D eigenvalue weighted by molar-refractivity contribution is 8.03. The zero-order chi connectivity index (χ0) is 19.7. The van der Waals surface area contributed by atoms with E-state index >= 15 is 0 Å². The molecule has 2 aliphatic heterocycles. The van der Waals surface area contributed by atoms with Crippen LogP contribution in [-0.2, 0) is 4.79 Å². The van der Waals surface area contributed by atoms with E-state index in [1.54, 1.807) is 24.1 Å². The number of anilines is 1. The molecule has 0 saturated carbocycles. The summed E-state index contributed by atoms with van der Waals surface area (Å²) in [5, 5.41) is 10.5. The number of nitriles is 1. The number of rotatable bonds is 3. The van der Waals surface area contributed by atoms with Crippen LogP contribution in [-0.4, -0.2) is 30.5 Å². The highest BCUT2D eigenvalue weighted by Crippen LogP contribution is 2.43. The van der Waals surface area contributed by atoms with Gasteiger partial charge in [0.25, 0.3) is 0 Å². The maximum Gasteiger partial charge on any atom is 0.229 e. The predicted octanol–water partition coefficient (Wildman–Crippen LogP) is 4.05. The molecule has 1 fully saturated rings. The van der Waals surface area contributed by atoms with Crippen molar-refractivity contribution in [3.8, 4) is 11.8 Å². The quantitative estimate of drug-likeness (QED) is 0.785. The molecule has 2 aliphatic rings. The monoisotopic (exact) mass is 395 g/mol. The second-order valence-electron chi connectivity index (χ2n) is 6.61. The lowest BCUT2D eigenvalue weighted by atomic mass is 9.86. The third kappa shape index (κ3) is 3.32. The summed E-state index contributed by atoms with van der Waals surface area (Å²) in [4.78, 5) is 16.5. The Hall–Kier alpha value is -2.98. The van der Waals surface area contributed by atoms with Crippen molar-refractivity contribution in [2.45, 2.75) is 12.3 Å². The highest BCUT2D eigenvalue weighted by atomic mass is 32.2. The predicted molar refractivity (Wildman–Crippen MR) is 106 cm³/mol. The number of nitrogens with zero attached hydrogens (tertiary/aromatic N) is 3. The maximum atomic E-state index is 13.2. The Morgan fingerprint density at radius 2 is 1.89 bits per heavy atom. The van der Waals surface area contributed by atoms with Crippen LogP contribution in [0.25, 0.3) is 0 Å². The summed E-state index contributed by atoms with van der Waals surface area (Å²) in [5.41, 5.74) is 2.39. The fraction of sp³-hybridized carbons (Fsp3) is 0.238. The van der Waals surface area contributed by atoms with Crippen LogP contribution in [0.4, 0.5) is 10.1 Å². The number of ether oxygens (including phenoxy) is 1. The molecule has 0 N–H and O–H groups in total. The van der Waals surface area contributed by atoms with Gasteiger partial charge in [-0.05, 0) is 42.0 Å². The van der Waals surface area contributed by atoms with Gasteiger partial charge in [0.1, 0.15) is 11.6 Å². The second kappa shape index (κ2) is 7.56. The Bertz CT molecular complexity index is 967. The van der Waals surface area contributed by atoms with Crippen molar-refractivity contribution in [1.82, 2.24) is 4.90 Å². The van der Waals surface area contributed by atoms with Crippen molar-refractivity contribution in [2.75, 3.05) is 24.6 Å². The Kier molecular flexibility index (Phi) is 4.97. The SMILES string of the molecule is COc1ccc([C@@H]2CC(=O)N3CN(c4ccc(F)cc4)CSC3=C2C#N)cc1. The number of benzene rings is 2. The van der Waals surface area contributed by atoms with Crippen molar-refractivity contribution >= 4 is 23.4 Å². The molecular formula is C21H18FN3O2S. The summed E-state index contributed by atoms with van der Waals surface area (Å²) in [6.07, 6.45) is 0.247. The molecule has 0 unspecified atom stereocenters. The molecular weight excluding hydrogens is 377 g/mol. The number of thioether (sulfide) groups is 1. The summed E-state index contributed by atoms with van der Waals surface area (Å²) in [5.74, 6) is 0.761. The van der Waals surface area contributed by atoms with E-state index in [9.17, 15) is 14.4 Å². The minimum atomic E-state index is -0.294. The molecule has 142 valence electrons. The number of allylic oxidation sites excluding steroid dienone is 1. The molecule has 0 aromatic heterocycles. The van der Waals surface area contributed by atoms with Crippen LogP contribution in [0, 0.1) is 17.1 Å². The molecule has 7 heteroatoms. The first-order valence-corrected chi connectivity index (χ1v) is 9.81. The van der Waals surface area contributed by atoms with Crippen LogP contribution in [0.2, 0.25) is 0 Å². The first-order valence-electron chi connectivity index (χ1n) is 8.82. The summed E-state index contributed by atoms with van der Waals surface area (Å²) < 4.78 is 18.4. The molecule has 5 nitrogen and oxygen atoms in total. The number of methoxy groups -OCH3 is 1. The molecule has 2 heterocycles. The molecule has 2 aromatic rings. The lowest BCUT2D eigenvalue weighted by Crippen LogP contribution is -2.47. The standard InChI is InChI=1S/C21H18FN3O2S/c1-27-17-8-2-14(3-9-17)18-10-20(26)25-12-24(13-28-21(25)19(18)11-23)16-6-4-15(22)5-7-16/h2-9,18H,10,12-13H2,1H3/t18-/m0/s1. The molecule has 0 bridgehead atoms. The van der Waals surface area contributed by atoms with E-state index in [0.29, 0.717) is 18.1 Å². The Morgan fingerprint density at radius 3 is 2.54 bits per heavy atom. The minimum Gasteiger partial charge on any atom is -0.497 e. The Balaban J connectivity index is 1.63. The number of fused-ring (bicyclic) bond motifs is 1. The van der Waals surface area contributed by atoms with Gasteiger partial charge in [0.05, 0.1) is 36.3 Å². The van der Waals surface area contributed by atoms with Crippen molar-refractivity contribution in [2.24, 2.45) is 0 Å². The molecule has 1 saturated heterocycles. The number of halogens is 1. The molecule has 4 rings (SSSR count). The van der Waals surface area contributed by atoms with E-state index in [-0.39, 0.29) is 24.1 Å². The van der Waals surface area contributed by atoms with Crippen LogP contribution in [0.15, 0.2) is 59.1 Å². The lowest BCUT2D eigenvalue weighted by Gasteiger charge is -2.42. The van der Waals surface area contributed by atoms with Gasteiger partial charge in [-0.15, -0.1) is 0 Å². The first kappa shape index (κ1) is 18.4. The normalized spacial score (nSPS) is 19.3. The van der Waals surface area contributed by atoms with Crippen molar-refractivity contribution < 1.29 is 13.9 Å². The molecule has 0 radical (unpaired) electrons. The minimum absolute atomic E-state index is 0.0193. The fourth-order valence-electron chi connectivity index (χ4n) is 3.50. The number of amides is 1. The lowest BCUT2D eigenvalue weighted by molar-refractivity contribution is -0.129. The second-order valence-corrected chi connectivity index (χ2v) is 7.55. The number of carbonyl (C=O) groups is 1.